The fourth-order valence-electron chi connectivity index (χ4n) is 2.51. The normalized spacial score (nSPS) is 11.1. The molecule has 0 unspecified atom stereocenters. The number of carbonyl (C=O) groups excluding carboxylic acids is 1. The first-order valence-electron chi connectivity index (χ1n) is 8.25. The summed E-state index contributed by atoms with van der Waals surface area (Å²) in [6.07, 6.45) is 0. The van der Waals surface area contributed by atoms with E-state index < -0.39 is 32.5 Å². The van der Waals surface area contributed by atoms with Crippen molar-refractivity contribution in [2.75, 3.05) is 4.72 Å². The molecule has 3 aromatic rings. The summed E-state index contributed by atoms with van der Waals surface area (Å²) in [5.74, 6) is -2.48. The molecule has 1 amide bonds. The molecular formula is C20H16F2N2O3S. The summed E-state index contributed by atoms with van der Waals surface area (Å²) >= 11 is 0. The first-order valence-corrected chi connectivity index (χ1v) is 9.73. The maximum absolute atomic E-state index is 13.8. The molecule has 0 bridgehead atoms. The van der Waals surface area contributed by atoms with Gasteiger partial charge < -0.3 is 5.32 Å². The molecule has 2 N–H and O–H groups in total. The molecular weight excluding hydrogens is 386 g/mol. The van der Waals surface area contributed by atoms with E-state index in [4.69, 9.17) is 0 Å². The van der Waals surface area contributed by atoms with E-state index in [2.05, 4.69) is 10.0 Å². The Morgan fingerprint density at radius 2 is 1.64 bits per heavy atom. The quantitative estimate of drug-likeness (QED) is 0.660. The van der Waals surface area contributed by atoms with Gasteiger partial charge in [0.25, 0.3) is 15.9 Å². The molecule has 0 spiro atoms. The minimum Gasteiger partial charge on any atom is -0.348 e. The number of anilines is 1. The minimum atomic E-state index is -4.28. The van der Waals surface area contributed by atoms with Gasteiger partial charge in [0, 0.05) is 23.9 Å². The molecule has 0 saturated carbocycles. The predicted octanol–water partition coefficient (Wildman–Crippen LogP) is 3.70. The zero-order valence-electron chi connectivity index (χ0n) is 14.5. The Labute approximate surface area is 161 Å². The van der Waals surface area contributed by atoms with Crippen LogP contribution in [0.25, 0.3) is 0 Å². The van der Waals surface area contributed by atoms with Gasteiger partial charge in [0.15, 0.2) is 0 Å². The summed E-state index contributed by atoms with van der Waals surface area (Å²) in [5.41, 5.74) is 1.23. The lowest BCUT2D eigenvalue weighted by Crippen LogP contribution is -2.23. The van der Waals surface area contributed by atoms with E-state index in [1.165, 1.54) is 24.3 Å². The number of amides is 1. The molecule has 0 atom stereocenters. The van der Waals surface area contributed by atoms with Crippen LogP contribution in [0.3, 0.4) is 0 Å². The highest BCUT2D eigenvalue weighted by Gasteiger charge is 2.20. The van der Waals surface area contributed by atoms with Crippen LogP contribution in [0.2, 0.25) is 0 Å². The second kappa shape index (κ2) is 8.18. The summed E-state index contributed by atoms with van der Waals surface area (Å²) in [5, 5.41) is 2.73. The van der Waals surface area contributed by atoms with Gasteiger partial charge >= 0.3 is 0 Å². The summed E-state index contributed by atoms with van der Waals surface area (Å²) in [6.45, 7) is 0.316. The summed E-state index contributed by atoms with van der Waals surface area (Å²) < 4.78 is 53.7. The third-order valence-corrected chi connectivity index (χ3v) is 5.27. The Morgan fingerprint density at radius 3 is 2.36 bits per heavy atom. The second-order valence-electron chi connectivity index (χ2n) is 5.93. The van der Waals surface area contributed by atoms with Crippen LogP contribution >= 0.6 is 0 Å². The van der Waals surface area contributed by atoms with Crippen molar-refractivity contribution in [2.45, 2.75) is 11.4 Å². The fraction of sp³-hybridized carbons (Fsp3) is 0.0500. The van der Waals surface area contributed by atoms with Gasteiger partial charge in [0.1, 0.15) is 16.5 Å². The largest absolute Gasteiger partial charge is 0.348 e. The Balaban J connectivity index is 1.74. The lowest BCUT2D eigenvalue weighted by atomic mass is 10.2. The second-order valence-corrected chi connectivity index (χ2v) is 7.58. The minimum absolute atomic E-state index is 0.0797. The number of rotatable bonds is 6. The smallest absolute Gasteiger partial charge is 0.264 e. The monoisotopic (exact) mass is 402 g/mol. The molecule has 144 valence electrons. The number of sulfonamides is 1. The van der Waals surface area contributed by atoms with Crippen molar-refractivity contribution in [3.8, 4) is 0 Å². The zero-order valence-corrected chi connectivity index (χ0v) is 15.3. The maximum Gasteiger partial charge on any atom is 0.264 e. The van der Waals surface area contributed by atoms with Gasteiger partial charge in [-0.1, -0.05) is 36.4 Å². The first kappa shape index (κ1) is 19.5. The molecule has 0 aromatic heterocycles. The Hall–Kier alpha value is -3.26. The van der Waals surface area contributed by atoms with E-state index in [1.807, 2.05) is 30.3 Å². The lowest BCUT2D eigenvalue weighted by Gasteiger charge is -2.11. The van der Waals surface area contributed by atoms with Crippen LogP contribution in [0.5, 0.6) is 0 Å². The molecule has 0 aliphatic rings. The highest BCUT2D eigenvalue weighted by Crippen LogP contribution is 2.20. The topological polar surface area (TPSA) is 75.3 Å². The molecule has 5 nitrogen and oxygen atoms in total. The van der Waals surface area contributed by atoms with Crippen molar-refractivity contribution in [3.05, 3.63) is 95.6 Å². The van der Waals surface area contributed by atoms with E-state index in [0.717, 1.165) is 17.7 Å². The average molecular weight is 402 g/mol. The molecule has 28 heavy (non-hydrogen) atoms. The lowest BCUT2D eigenvalue weighted by molar-refractivity contribution is 0.0951. The van der Waals surface area contributed by atoms with Gasteiger partial charge in [-0.25, -0.2) is 17.2 Å². The van der Waals surface area contributed by atoms with Crippen molar-refractivity contribution >= 4 is 21.6 Å². The van der Waals surface area contributed by atoms with Gasteiger partial charge in [-0.05, 0) is 35.9 Å². The van der Waals surface area contributed by atoms with Crippen molar-refractivity contribution in [3.63, 3.8) is 0 Å². The molecule has 8 heteroatoms. The van der Waals surface area contributed by atoms with Crippen molar-refractivity contribution < 1.29 is 22.0 Å². The third-order valence-electron chi connectivity index (χ3n) is 3.86. The van der Waals surface area contributed by atoms with Crippen LogP contribution < -0.4 is 10.0 Å². The highest BCUT2D eigenvalue weighted by atomic mass is 32.2. The number of halogens is 2. The standard InChI is InChI=1S/C20H16F2N2O3S/c21-16-9-10-19(18(22)12-16)28(26,27)24-17-8-4-7-15(11-17)20(25)23-13-14-5-2-1-3-6-14/h1-12,24H,13H2,(H,23,25). The molecule has 0 heterocycles. The van der Waals surface area contributed by atoms with Crippen molar-refractivity contribution in [1.29, 1.82) is 0 Å². The SMILES string of the molecule is O=C(NCc1ccccc1)c1cccc(NS(=O)(=O)c2ccc(F)cc2F)c1. The van der Waals surface area contributed by atoms with E-state index in [9.17, 15) is 22.0 Å². The summed E-state index contributed by atoms with van der Waals surface area (Å²) in [7, 11) is -4.28. The van der Waals surface area contributed by atoms with Crippen LogP contribution in [-0.4, -0.2) is 14.3 Å². The summed E-state index contributed by atoms with van der Waals surface area (Å²) in [6, 6.07) is 17.3. The van der Waals surface area contributed by atoms with Crippen LogP contribution in [-0.2, 0) is 16.6 Å². The average Bonchev–Trinajstić information content (AvgIpc) is 2.66. The molecule has 0 aliphatic heterocycles. The van der Waals surface area contributed by atoms with Crippen LogP contribution in [0.1, 0.15) is 15.9 Å². The summed E-state index contributed by atoms with van der Waals surface area (Å²) in [4.78, 5) is 11.6. The number of nitrogens with one attached hydrogen (secondary N) is 2. The number of carbonyl (C=O) groups is 1. The zero-order chi connectivity index (χ0) is 20.1. The number of benzene rings is 3. The van der Waals surface area contributed by atoms with Gasteiger partial charge in [-0.15, -0.1) is 0 Å². The van der Waals surface area contributed by atoms with E-state index in [1.54, 1.807) is 0 Å². The van der Waals surface area contributed by atoms with Crippen LogP contribution in [0, 0.1) is 11.6 Å². The van der Waals surface area contributed by atoms with Crippen LogP contribution in [0.4, 0.5) is 14.5 Å². The van der Waals surface area contributed by atoms with Gasteiger partial charge in [-0.3, -0.25) is 9.52 Å². The fourth-order valence-corrected chi connectivity index (χ4v) is 3.62. The maximum atomic E-state index is 13.8. The van der Waals surface area contributed by atoms with E-state index in [-0.39, 0.29) is 11.3 Å². The Kier molecular flexibility index (Phi) is 5.70. The Bertz CT molecular complexity index is 1100. The molecule has 0 aliphatic carbocycles. The number of hydrogen-bond donors (Lipinski definition) is 2. The van der Waals surface area contributed by atoms with Gasteiger partial charge in [0.2, 0.25) is 0 Å². The molecule has 3 rings (SSSR count). The van der Waals surface area contributed by atoms with Crippen molar-refractivity contribution in [2.24, 2.45) is 0 Å². The van der Waals surface area contributed by atoms with Gasteiger partial charge in [-0.2, -0.15) is 0 Å². The van der Waals surface area contributed by atoms with Crippen molar-refractivity contribution in [1.82, 2.24) is 5.32 Å². The molecule has 3 aromatic carbocycles. The van der Waals surface area contributed by atoms with Gasteiger partial charge in [0.05, 0.1) is 0 Å². The predicted molar refractivity (Wildman–Crippen MR) is 101 cm³/mol. The Morgan fingerprint density at radius 1 is 0.893 bits per heavy atom. The third kappa shape index (κ3) is 4.72. The molecule has 0 fully saturated rings. The highest BCUT2D eigenvalue weighted by molar-refractivity contribution is 7.92. The van der Waals surface area contributed by atoms with Crippen LogP contribution in [0.15, 0.2) is 77.7 Å². The number of hydrogen-bond acceptors (Lipinski definition) is 3. The van der Waals surface area contributed by atoms with E-state index >= 15 is 0 Å². The molecule has 0 saturated heterocycles. The van der Waals surface area contributed by atoms with E-state index in [0.29, 0.717) is 12.6 Å². The molecule has 0 radical (unpaired) electrons. The first-order chi connectivity index (χ1) is 13.3.